The smallest absolute Gasteiger partial charge is 0.338 e. The number of rotatable bonds is 10. The average molecular weight is 397 g/mol. The Bertz CT molecular complexity index is 876. The molecular formula is C22H23NO6. The van der Waals surface area contributed by atoms with Crippen molar-refractivity contribution in [3.8, 4) is 0 Å². The largest absolute Gasteiger partial charge is 0.463 e. The van der Waals surface area contributed by atoms with E-state index >= 15 is 0 Å². The number of benzene rings is 2. The number of esters is 2. The molecule has 0 unspecified atom stereocenters. The molecule has 0 aliphatic heterocycles. The highest BCUT2D eigenvalue weighted by molar-refractivity contribution is 5.90. The summed E-state index contributed by atoms with van der Waals surface area (Å²) >= 11 is 0. The topological polar surface area (TPSA) is 95.7 Å². The van der Waals surface area contributed by atoms with Gasteiger partial charge in [-0.2, -0.15) is 0 Å². The lowest BCUT2D eigenvalue weighted by atomic mass is 10.0. The van der Waals surface area contributed by atoms with E-state index in [0.717, 1.165) is 5.56 Å². The summed E-state index contributed by atoms with van der Waals surface area (Å²) in [6.45, 7) is 2.14. The third kappa shape index (κ3) is 7.21. The molecule has 0 spiro atoms. The lowest BCUT2D eigenvalue weighted by Crippen LogP contribution is -2.07. The zero-order valence-corrected chi connectivity index (χ0v) is 16.2. The molecule has 0 saturated carbocycles. The molecule has 7 heteroatoms. The molecule has 0 fully saturated rings. The quantitative estimate of drug-likeness (QED) is 0.194. The van der Waals surface area contributed by atoms with E-state index < -0.39 is 16.9 Å². The minimum absolute atomic E-state index is 0.0992. The van der Waals surface area contributed by atoms with Crippen molar-refractivity contribution in [1.82, 2.24) is 0 Å². The summed E-state index contributed by atoms with van der Waals surface area (Å²) in [5.74, 6) is -1.02. The SMILES string of the molecule is CCOC(=O)C=CCCCc1ccc(C(=O)OCc2ccccc2)cc1[N+](=O)[O-]. The Morgan fingerprint density at radius 1 is 1.10 bits per heavy atom. The number of nitro benzene ring substituents is 1. The maximum Gasteiger partial charge on any atom is 0.338 e. The third-order valence-electron chi connectivity index (χ3n) is 4.09. The van der Waals surface area contributed by atoms with Gasteiger partial charge in [0.05, 0.1) is 17.1 Å². The predicted molar refractivity (Wildman–Crippen MR) is 107 cm³/mol. The van der Waals surface area contributed by atoms with Gasteiger partial charge in [0.25, 0.3) is 5.69 Å². The van der Waals surface area contributed by atoms with E-state index in [2.05, 4.69) is 0 Å². The molecule has 0 aliphatic carbocycles. The Balaban J connectivity index is 1.96. The van der Waals surface area contributed by atoms with Crippen LogP contribution >= 0.6 is 0 Å². The Hall–Kier alpha value is -3.48. The van der Waals surface area contributed by atoms with Gasteiger partial charge < -0.3 is 9.47 Å². The molecule has 152 valence electrons. The van der Waals surface area contributed by atoms with Crippen LogP contribution in [0.2, 0.25) is 0 Å². The van der Waals surface area contributed by atoms with Crippen LogP contribution in [0.25, 0.3) is 0 Å². The predicted octanol–water partition coefficient (Wildman–Crippen LogP) is 4.39. The monoisotopic (exact) mass is 397 g/mol. The number of ether oxygens (including phenoxy) is 2. The Labute approximate surface area is 169 Å². The zero-order valence-electron chi connectivity index (χ0n) is 16.2. The fourth-order valence-electron chi connectivity index (χ4n) is 2.66. The minimum Gasteiger partial charge on any atom is -0.463 e. The Morgan fingerprint density at radius 3 is 2.55 bits per heavy atom. The fourth-order valence-corrected chi connectivity index (χ4v) is 2.66. The first-order valence-electron chi connectivity index (χ1n) is 9.33. The number of nitro groups is 1. The molecule has 0 saturated heterocycles. The van der Waals surface area contributed by atoms with Crippen LogP contribution in [-0.2, 0) is 27.3 Å². The molecule has 0 radical (unpaired) electrons. The van der Waals surface area contributed by atoms with E-state index in [9.17, 15) is 19.7 Å². The Kier molecular flexibility index (Phi) is 8.56. The maximum atomic E-state index is 12.2. The standard InChI is InChI=1S/C22H23NO6/c1-2-28-21(24)12-8-4-7-11-18-13-14-19(15-20(18)23(26)27)22(25)29-16-17-9-5-3-6-10-17/h3,5-6,8-10,12-15H,2,4,7,11,16H2,1H3. The summed E-state index contributed by atoms with van der Waals surface area (Å²) in [6, 6.07) is 13.5. The molecule has 2 aromatic carbocycles. The third-order valence-corrected chi connectivity index (χ3v) is 4.09. The van der Waals surface area contributed by atoms with Crippen LogP contribution in [-0.4, -0.2) is 23.5 Å². The van der Waals surface area contributed by atoms with Crippen molar-refractivity contribution in [2.45, 2.75) is 32.8 Å². The highest BCUT2D eigenvalue weighted by Crippen LogP contribution is 2.23. The molecule has 7 nitrogen and oxygen atoms in total. The summed E-state index contributed by atoms with van der Waals surface area (Å²) in [5.41, 5.74) is 1.38. The van der Waals surface area contributed by atoms with Crippen molar-refractivity contribution in [2.24, 2.45) is 0 Å². The number of carbonyl (C=O) groups excluding carboxylic acids is 2. The number of hydrogen-bond acceptors (Lipinski definition) is 6. The van der Waals surface area contributed by atoms with Gasteiger partial charge in [0.15, 0.2) is 0 Å². The molecule has 2 aromatic rings. The van der Waals surface area contributed by atoms with Gasteiger partial charge >= 0.3 is 11.9 Å². The molecule has 0 N–H and O–H groups in total. The number of allylic oxidation sites excluding steroid dienone is 1. The minimum atomic E-state index is -0.610. The molecular weight excluding hydrogens is 374 g/mol. The van der Waals surface area contributed by atoms with Gasteiger partial charge in [0.1, 0.15) is 6.61 Å². The highest BCUT2D eigenvalue weighted by atomic mass is 16.6. The van der Waals surface area contributed by atoms with Gasteiger partial charge in [-0.15, -0.1) is 0 Å². The molecule has 29 heavy (non-hydrogen) atoms. The number of carbonyl (C=O) groups is 2. The maximum absolute atomic E-state index is 12.2. The van der Waals surface area contributed by atoms with E-state index in [1.807, 2.05) is 30.3 Å². The summed E-state index contributed by atoms with van der Waals surface area (Å²) in [4.78, 5) is 34.3. The molecule has 0 bridgehead atoms. The first kappa shape index (κ1) is 21.8. The van der Waals surface area contributed by atoms with Crippen LogP contribution in [0.3, 0.4) is 0 Å². The van der Waals surface area contributed by atoms with Crippen LogP contribution in [0, 0.1) is 10.1 Å². The number of unbranched alkanes of at least 4 members (excludes halogenated alkanes) is 1. The molecule has 2 rings (SSSR count). The summed E-state index contributed by atoms with van der Waals surface area (Å²) in [6.07, 6.45) is 4.68. The van der Waals surface area contributed by atoms with Gasteiger partial charge in [0.2, 0.25) is 0 Å². The van der Waals surface area contributed by atoms with Crippen LogP contribution in [0.5, 0.6) is 0 Å². The normalized spacial score (nSPS) is 10.7. The molecule has 0 heterocycles. The van der Waals surface area contributed by atoms with E-state index in [0.29, 0.717) is 31.4 Å². The van der Waals surface area contributed by atoms with E-state index in [4.69, 9.17) is 9.47 Å². The van der Waals surface area contributed by atoms with E-state index in [1.54, 1.807) is 19.1 Å². The van der Waals surface area contributed by atoms with Gasteiger partial charge in [0, 0.05) is 17.7 Å². The second-order valence-electron chi connectivity index (χ2n) is 6.21. The van der Waals surface area contributed by atoms with Crippen molar-refractivity contribution in [1.29, 1.82) is 0 Å². The summed E-state index contributed by atoms with van der Waals surface area (Å²) in [7, 11) is 0. The first-order chi connectivity index (χ1) is 14.0. The zero-order chi connectivity index (χ0) is 21.1. The summed E-state index contributed by atoms with van der Waals surface area (Å²) < 4.78 is 10.0. The summed E-state index contributed by atoms with van der Waals surface area (Å²) in [5, 5.41) is 11.4. The lowest BCUT2D eigenvalue weighted by molar-refractivity contribution is -0.385. The van der Waals surface area contributed by atoms with Crippen LogP contribution in [0.4, 0.5) is 5.69 Å². The molecule has 0 amide bonds. The second-order valence-corrected chi connectivity index (χ2v) is 6.21. The number of nitrogens with zero attached hydrogens (tertiary/aromatic N) is 1. The van der Waals surface area contributed by atoms with Gasteiger partial charge in [-0.1, -0.05) is 42.5 Å². The first-order valence-corrected chi connectivity index (χ1v) is 9.33. The van der Waals surface area contributed by atoms with E-state index in [-0.39, 0.29) is 17.9 Å². The van der Waals surface area contributed by atoms with Gasteiger partial charge in [-0.05, 0) is 37.8 Å². The second kappa shape index (κ2) is 11.4. The highest BCUT2D eigenvalue weighted by Gasteiger charge is 2.18. The van der Waals surface area contributed by atoms with Crippen LogP contribution in [0.15, 0.2) is 60.7 Å². The lowest BCUT2D eigenvalue weighted by Gasteiger charge is -2.07. The van der Waals surface area contributed by atoms with Crippen molar-refractivity contribution >= 4 is 17.6 Å². The fraction of sp³-hybridized carbons (Fsp3) is 0.273. The van der Waals surface area contributed by atoms with Crippen molar-refractivity contribution in [2.75, 3.05) is 6.61 Å². The molecule has 0 aromatic heterocycles. The Morgan fingerprint density at radius 2 is 1.86 bits per heavy atom. The van der Waals surface area contributed by atoms with Crippen LogP contribution < -0.4 is 0 Å². The van der Waals surface area contributed by atoms with E-state index in [1.165, 1.54) is 18.2 Å². The van der Waals surface area contributed by atoms with Crippen molar-refractivity contribution in [3.05, 3.63) is 87.5 Å². The van der Waals surface area contributed by atoms with Gasteiger partial charge in [-0.3, -0.25) is 10.1 Å². The molecule has 0 atom stereocenters. The number of aryl methyl sites for hydroxylation is 1. The van der Waals surface area contributed by atoms with Crippen LogP contribution in [0.1, 0.15) is 41.3 Å². The van der Waals surface area contributed by atoms with Crippen molar-refractivity contribution < 1.29 is 24.0 Å². The number of hydrogen-bond donors (Lipinski definition) is 0. The average Bonchev–Trinajstić information content (AvgIpc) is 2.72. The van der Waals surface area contributed by atoms with Gasteiger partial charge in [-0.25, -0.2) is 9.59 Å². The molecule has 0 aliphatic rings. The van der Waals surface area contributed by atoms with Crippen molar-refractivity contribution in [3.63, 3.8) is 0 Å².